The van der Waals surface area contributed by atoms with Crippen molar-refractivity contribution in [3.8, 4) is 5.75 Å². The van der Waals surface area contributed by atoms with Gasteiger partial charge in [-0.25, -0.2) is 0 Å². The number of amides is 1. The van der Waals surface area contributed by atoms with Crippen molar-refractivity contribution < 1.29 is 14.8 Å². The van der Waals surface area contributed by atoms with E-state index < -0.39 is 10.7 Å². The fourth-order valence-electron chi connectivity index (χ4n) is 2.45. The Morgan fingerprint density at radius 1 is 1.14 bits per heavy atom. The molecule has 0 aromatic heterocycles. The molecule has 3 rings (SSSR count). The molecule has 0 fully saturated rings. The number of non-ortho nitro benzene ring substituents is 1. The number of benzene rings is 3. The molecule has 0 saturated heterocycles. The molecule has 7 nitrogen and oxygen atoms in total. The third kappa shape index (κ3) is 4.98. The molecule has 0 aliphatic heterocycles. The number of hydrogen-bond acceptors (Lipinski definition) is 5. The second-order valence-electron chi connectivity index (χ2n) is 5.85. The van der Waals surface area contributed by atoms with E-state index >= 15 is 0 Å². The maximum Gasteiger partial charge on any atom is 0.271 e. The van der Waals surface area contributed by atoms with E-state index in [1.807, 2.05) is 0 Å². The molecule has 1 amide bonds. The highest BCUT2D eigenvalue weighted by molar-refractivity contribution is 9.10. The number of carbonyl (C=O) groups is 1. The first kappa shape index (κ1) is 20.5. The van der Waals surface area contributed by atoms with Gasteiger partial charge in [0.25, 0.3) is 11.6 Å². The SMILES string of the molecule is O=C(Nc1cccc(N=Cc2cc([N+](=O)[O-])cc(Br)c2[O-])c1)c1ccccc1Cl. The second kappa shape index (κ2) is 8.85. The molecule has 0 aliphatic rings. The van der Waals surface area contributed by atoms with Gasteiger partial charge in [-0.2, -0.15) is 0 Å². The van der Waals surface area contributed by atoms with Crippen molar-refractivity contribution in [2.24, 2.45) is 4.99 Å². The minimum Gasteiger partial charge on any atom is -0.871 e. The van der Waals surface area contributed by atoms with Gasteiger partial charge in [-0.3, -0.25) is 19.9 Å². The van der Waals surface area contributed by atoms with Gasteiger partial charge in [-0.05, 0) is 35.9 Å². The topological polar surface area (TPSA) is 108 Å². The molecule has 9 heteroatoms. The van der Waals surface area contributed by atoms with Crippen molar-refractivity contribution in [1.29, 1.82) is 0 Å². The van der Waals surface area contributed by atoms with Crippen molar-refractivity contribution in [2.45, 2.75) is 0 Å². The fourth-order valence-corrected chi connectivity index (χ4v) is 3.14. The van der Waals surface area contributed by atoms with Crippen molar-refractivity contribution in [2.75, 3.05) is 5.32 Å². The van der Waals surface area contributed by atoms with E-state index in [4.69, 9.17) is 11.6 Å². The van der Waals surface area contributed by atoms with Crippen LogP contribution in [0.3, 0.4) is 0 Å². The summed E-state index contributed by atoms with van der Waals surface area (Å²) in [4.78, 5) is 26.9. The lowest BCUT2D eigenvalue weighted by Crippen LogP contribution is -2.12. The van der Waals surface area contributed by atoms with E-state index in [2.05, 4.69) is 26.2 Å². The molecule has 146 valence electrons. The normalized spacial score (nSPS) is 10.8. The van der Waals surface area contributed by atoms with Crippen LogP contribution < -0.4 is 10.4 Å². The molecule has 0 saturated carbocycles. The maximum atomic E-state index is 12.4. The number of nitro benzene ring substituents is 1. The van der Waals surface area contributed by atoms with Crippen LogP contribution in [0.4, 0.5) is 17.1 Å². The number of nitrogens with zero attached hydrogens (tertiary/aromatic N) is 2. The summed E-state index contributed by atoms with van der Waals surface area (Å²) < 4.78 is 0.0777. The lowest BCUT2D eigenvalue weighted by molar-refractivity contribution is -0.385. The predicted octanol–water partition coefficient (Wildman–Crippen LogP) is 5.09. The smallest absolute Gasteiger partial charge is 0.271 e. The molecule has 0 radical (unpaired) electrons. The Morgan fingerprint density at radius 3 is 2.62 bits per heavy atom. The molecular weight excluding hydrogens is 462 g/mol. The Labute approximate surface area is 179 Å². The molecule has 1 N–H and O–H groups in total. The Bertz CT molecular complexity index is 1130. The second-order valence-corrected chi connectivity index (χ2v) is 7.11. The number of hydrogen-bond donors (Lipinski definition) is 1. The molecule has 3 aromatic rings. The summed E-state index contributed by atoms with van der Waals surface area (Å²) >= 11 is 9.05. The summed E-state index contributed by atoms with van der Waals surface area (Å²) in [6.07, 6.45) is 1.25. The van der Waals surface area contributed by atoms with Crippen molar-refractivity contribution in [1.82, 2.24) is 0 Å². The van der Waals surface area contributed by atoms with Crippen LogP contribution in [0.25, 0.3) is 0 Å². The maximum absolute atomic E-state index is 12.4. The molecule has 3 aromatic carbocycles. The number of anilines is 1. The summed E-state index contributed by atoms with van der Waals surface area (Å²) in [6, 6.07) is 15.6. The van der Waals surface area contributed by atoms with Crippen LogP contribution in [-0.2, 0) is 0 Å². The zero-order valence-electron chi connectivity index (χ0n) is 14.6. The first-order chi connectivity index (χ1) is 13.8. The minimum absolute atomic E-state index is 0.0663. The molecule has 0 heterocycles. The van der Waals surface area contributed by atoms with Crippen LogP contribution in [0.2, 0.25) is 5.02 Å². The van der Waals surface area contributed by atoms with Gasteiger partial charge in [0.2, 0.25) is 0 Å². The monoisotopic (exact) mass is 472 g/mol. The molecule has 0 spiro atoms. The van der Waals surface area contributed by atoms with Crippen molar-refractivity contribution in [3.63, 3.8) is 0 Å². The Hall–Kier alpha value is -3.23. The average molecular weight is 474 g/mol. The number of aliphatic imine (C=N–C) groups is 1. The van der Waals surface area contributed by atoms with E-state index in [-0.39, 0.29) is 21.6 Å². The average Bonchev–Trinajstić information content (AvgIpc) is 2.69. The summed E-state index contributed by atoms with van der Waals surface area (Å²) in [5.41, 5.74) is 1.10. The number of carbonyl (C=O) groups excluding carboxylic acids is 1. The van der Waals surface area contributed by atoms with Gasteiger partial charge >= 0.3 is 0 Å². The zero-order valence-corrected chi connectivity index (χ0v) is 17.0. The largest absolute Gasteiger partial charge is 0.871 e. The van der Waals surface area contributed by atoms with Gasteiger partial charge in [0, 0.05) is 28.5 Å². The number of rotatable bonds is 5. The van der Waals surface area contributed by atoms with Crippen LogP contribution in [0.1, 0.15) is 15.9 Å². The van der Waals surface area contributed by atoms with E-state index in [0.717, 1.165) is 12.1 Å². The standard InChI is InChI=1S/C20H13BrClN3O4/c21-17-10-15(25(28)29)8-12(19(17)26)11-23-13-4-3-5-14(9-13)24-20(27)16-6-1-2-7-18(16)22/h1-11,26H,(H,24,27)/p-1. The van der Waals surface area contributed by atoms with Gasteiger partial charge in [-0.1, -0.05) is 51.5 Å². The first-order valence-corrected chi connectivity index (χ1v) is 9.37. The zero-order chi connectivity index (χ0) is 21.0. The minimum atomic E-state index is -0.591. The highest BCUT2D eigenvalue weighted by Gasteiger charge is 2.11. The summed E-state index contributed by atoms with van der Waals surface area (Å²) in [7, 11) is 0. The number of nitrogens with one attached hydrogen (secondary N) is 1. The molecular formula is C20H12BrClN3O4-. The van der Waals surface area contributed by atoms with Gasteiger partial charge in [0.05, 0.1) is 21.2 Å². The lowest BCUT2D eigenvalue weighted by atomic mass is 10.2. The third-order valence-electron chi connectivity index (χ3n) is 3.84. The number of halogens is 2. The lowest BCUT2D eigenvalue weighted by Gasteiger charge is -2.12. The van der Waals surface area contributed by atoms with Crippen LogP contribution in [-0.4, -0.2) is 17.0 Å². The molecule has 0 bridgehead atoms. The van der Waals surface area contributed by atoms with E-state index in [1.54, 1.807) is 48.5 Å². The van der Waals surface area contributed by atoms with E-state index in [1.165, 1.54) is 6.21 Å². The number of nitro groups is 1. The highest BCUT2D eigenvalue weighted by Crippen LogP contribution is 2.30. The fraction of sp³-hybridized carbons (Fsp3) is 0. The van der Waals surface area contributed by atoms with Gasteiger partial charge < -0.3 is 10.4 Å². The van der Waals surface area contributed by atoms with Crippen molar-refractivity contribution >= 4 is 56.7 Å². The van der Waals surface area contributed by atoms with E-state index in [0.29, 0.717) is 22.0 Å². The molecule has 29 heavy (non-hydrogen) atoms. The molecule has 0 unspecified atom stereocenters. The highest BCUT2D eigenvalue weighted by atomic mass is 79.9. The third-order valence-corrected chi connectivity index (χ3v) is 4.76. The van der Waals surface area contributed by atoms with Crippen LogP contribution >= 0.6 is 27.5 Å². The van der Waals surface area contributed by atoms with Gasteiger partial charge in [0.15, 0.2) is 0 Å². The van der Waals surface area contributed by atoms with Crippen LogP contribution in [0.5, 0.6) is 5.75 Å². The quantitative estimate of drug-likeness (QED) is 0.316. The van der Waals surface area contributed by atoms with Crippen molar-refractivity contribution in [3.05, 3.63) is 91.4 Å². The first-order valence-electron chi connectivity index (χ1n) is 8.20. The van der Waals surface area contributed by atoms with E-state index in [9.17, 15) is 20.0 Å². The van der Waals surface area contributed by atoms with Gasteiger partial charge in [-0.15, -0.1) is 0 Å². The van der Waals surface area contributed by atoms with Gasteiger partial charge in [0.1, 0.15) is 0 Å². The Kier molecular flexibility index (Phi) is 6.26. The summed E-state index contributed by atoms with van der Waals surface area (Å²) in [6.45, 7) is 0. The predicted molar refractivity (Wildman–Crippen MR) is 113 cm³/mol. The summed E-state index contributed by atoms with van der Waals surface area (Å²) in [5, 5.41) is 26.2. The molecule has 0 atom stereocenters. The summed E-state index contributed by atoms with van der Waals surface area (Å²) in [5.74, 6) is -0.788. The Morgan fingerprint density at radius 2 is 1.90 bits per heavy atom. The molecule has 0 aliphatic carbocycles. The Balaban J connectivity index is 1.83. The van der Waals surface area contributed by atoms with Crippen LogP contribution in [0, 0.1) is 10.1 Å². The van der Waals surface area contributed by atoms with Crippen LogP contribution in [0.15, 0.2) is 70.1 Å².